The number of nitrogens with zero attached hydrogens (tertiary/aromatic N) is 3. The molecular weight excluding hydrogens is 406 g/mol. The first-order valence-electron chi connectivity index (χ1n) is 11.4. The van der Waals surface area contributed by atoms with Gasteiger partial charge in [0, 0.05) is 38.8 Å². The zero-order valence-electron chi connectivity index (χ0n) is 18.5. The maximum atomic E-state index is 12.2. The zero-order chi connectivity index (χ0) is 22.2. The Morgan fingerprint density at radius 1 is 1.22 bits per heavy atom. The Labute approximate surface area is 187 Å². The molecule has 8 nitrogen and oxygen atoms in total. The topological polar surface area (TPSA) is 86.8 Å². The van der Waals surface area contributed by atoms with Crippen LogP contribution in [-0.2, 0) is 11.3 Å². The lowest BCUT2D eigenvalue weighted by molar-refractivity contribution is -0.123. The quantitative estimate of drug-likeness (QED) is 0.750. The number of hydrogen-bond acceptors (Lipinski definition) is 6. The molecule has 5 rings (SSSR count). The monoisotopic (exact) mass is 435 g/mol. The van der Waals surface area contributed by atoms with Crippen LogP contribution in [0.1, 0.15) is 42.2 Å². The Bertz CT molecular complexity index is 1020. The number of carbonyl (C=O) groups excluding carboxylic acids is 2. The van der Waals surface area contributed by atoms with Crippen molar-refractivity contribution >= 4 is 23.2 Å². The normalized spacial score (nSPS) is 24.5. The number of pyridine rings is 1. The summed E-state index contributed by atoms with van der Waals surface area (Å²) in [5.41, 5.74) is 3.46. The van der Waals surface area contributed by atoms with Crippen molar-refractivity contribution in [3.05, 3.63) is 47.8 Å². The van der Waals surface area contributed by atoms with E-state index in [1.165, 1.54) is 12.0 Å². The third-order valence-corrected chi connectivity index (χ3v) is 6.86. The van der Waals surface area contributed by atoms with Crippen molar-refractivity contribution in [3.8, 4) is 5.75 Å². The zero-order valence-corrected chi connectivity index (χ0v) is 18.5. The summed E-state index contributed by atoms with van der Waals surface area (Å²) in [5, 5.41) is 5.60. The largest absolute Gasteiger partial charge is 0.478 e. The van der Waals surface area contributed by atoms with Gasteiger partial charge in [0.1, 0.15) is 11.4 Å². The highest BCUT2D eigenvalue weighted by molar-refractivity contribution is 5.97. The molecule has 3 heterocycles. The second kappa shape index (κ2) is 8.43. The fraction of sp³-hybridized carbons (Fsp3) is 0.458. The molecule has 0 radical (unpaired) electrons. The van der Waals surface area contributed by atoms with E-state index < -0.39 is 6.10 Å². The lowest BCUT2D eigenvalue weighted by Gasteiger charge is -2.54. The highest BCUT2D eigenvalue weighted by Gasteiger charge is 2.43. The minimum atomic E-state index is -0.405. The number of amides is 2. The molecule has 8 heteroatoms. The van der Waals surface area contributed by atoms with E-state index in [0.29, 0.717) is 24.2 Å². The van der Waals surface area contributed by atoms with E-state index in [1.54, 1.807) is 13.1 Å². The Balaban J connectivity index is 1.26. The number of nitrogens with one attached hydrogen (secondary N) is 2. The molecular formula is C24H29N5O3. The highest BCUT2D eigenvalue weighted by atomic mass is 16.5. The van der Waals surface area contributed by atoms with Crippen LogP contribution >= 0.6 is 0 Å². The van der Waals surface area contributed by atoms with Crippen molar-refractivity contribution in [2.45, 2.75) is 50.9 Å². The fourth-order valence-electron chi connectivity index (χ4n) is 4.96. The molecule has 2 aromatic rings. The second-order valence-corrected chi connectivity index (χ2v) is 8.69. The molecule has 168 valence electrons. The predicted octanol–water partition coefficient (Wildman–Crippen LogP) is 2.40. The van der Waals surface area contributed by atoms with Crippen LogP contribution in [0.2, 0.25) is 0 Å². The molecule has 0 spiro atoms. The maximum absolute atomic E-state index is 12.2. The van der Waals surface area contributed by atoms with Gasteiger partial charge in [-0.25, -0.2) is 4.98 Å². The van der Waals surface area contributed by atoms with Gasteiger partial charge >= 0.3 is 0 Å². The molecule has 32 heavy (non-hydrogen) atoms. The molecule has 3 aliphatic rings. The van der Waals surface area contributed by atoms with Crippen LogP contribution in [0.5, 0.6) is 5.75 Å². The number of anilines is 2. The molecule has 1 saturated heterocycles. The van der Waals surface area contributed by atoms with E-state index in [0.717, 1.165) is 43.2 Å². The Morgan fingerprint density at radius 2 is 2.06 bits per heavy atom. The van der Waals surface area contributed by atoms with Crippen molar-refractivity contribution in [1.82, 2.24) is 15.2 Å². The van der Waals surface area contributed by atoms with Gasteiger partial charge in [0.2, 0.25) is 0 Å². The van der Waals surface area contributed by atoms with Crippen LogP contribution < -0.4 is 20.3 Å². The van der Waals surface area contributed by atoms with Gasteiger partial charge in [-0.3, -0.25) is 14.5 Å². The summed E-state index contributed by atoms with van der Waals surface area (Å²) < 4.78 is 5.82. The average Bonchev–Trinajstić information content (AvgIpc) is 2.79. The first kappa shape index (κ1) is 20.8. The van der Waals surface area contributed by atoms with E-state index in [1.807, 2.05) is 31.3 Å². The van der Waals surface area contributed by atoms with Crippen molar-refractivity contribution in [2.24, 2.45) is 0 Å². The molecule has 0 bridgehead atoms. The average molecular weight is 436 g/mol. The van der Waals surface area contributed by atoms with E-state index in [2.05, 4.69) is 31.5 Å². The highest BCUT2D eigenvalue weighted by Crippen LogP contribution is 2.38. The van der Waals surface area contributed by atoms with Gasteiger partial charge < -0.3 is 20.3 Å². The van der Waals surface area contributed by atoms with Gasteiger partial charge in [0.25, 0.3) is 11.8 Å². The number of carbonyl (C=O) groups is 2. The first-order chi connectivity index (χ1) is 15.6. The Hall–Kier alpha value is -3.13. The predicted molar refractivity (Wildman–Crippen MR) is 122 cm³/mol. The van der Waals surface area contributed by atoms with Gasteiger partial charge in [0.05, 0.1) is 17.6 Å². The maximum Gasteiger partial charge on any atom is 0.269 e. The van der Waals surface area contributed by atoms with Crippen LogP contribution in [0, 0.1) is 0 Å². The van der Waals surface area contributed by atoms with Gasteiger partial charge in [-0.2, -0.15) is 0 Å². The lowest BCUT2D eigenvalue weighted by atomic mass is 9.81. The number of benzene rings is 1. The minimum absolute atomic E-state index is 0.0686. The minimum Gasteiger partial charge on any atom is -0.478 e. The van der Waals surface area contributed by atoms with E-state index in [-0.39, 0.29) is 11.8 Å². The standard InChI is InChI=1S/C24H29N5O3/c1-3-21-24(31)27-18-12-15(4-9-22(18)32-21)14-28-10-11-29(20-8-7-19(20)28)16-5-6-17(26-13-16)23(30)25-2/h4-6,9,12-13,19-21H,3,7-8,10-11,14H2,1-2H3,(H,25,30)(H,27,31). The van der Waals surface area contributed by atoms with Gasteiger partial charge in [-0.15, -0.1) is 0 Å². The molecule has 3 atom stereocenters. The third-order valence-electron chi connectivity index (χ3n) is 6.86. The number of rotatable bonds is 5. The summed E-state index contributed by atoms with van der Waals surface area (Å²) in [7, 11) is 1.61. The van der Waals surface area contributed by atoms with Crippen molar-refractivity contribution < 1.29 is 14.3 Å². The molecule has 3 unspecified atom stereocenters. The molecule has 2 N–H and O–H groups in total. The van der Waals surface area contributed by atoms with Crippen LogP contribution in [-0.4, -0.2) is 60.0 Å². The Morgan fingerprint density at radius 3 is 2.75 bits per heavy atom. The lowest BCUT2D eigenvalue weighted by Crippen LogP contribution is -2.64. The molecule has 1 aromatic carbocycles. The summed E-state index contributed by atoms with van der Waals surface area (Å²) in [6, 6.07) is 10.9. The van der Waals surface area contributed by atoms with Crippen LogP contribution in [0.25, 0.3) is 0 Å². The number of hydrogen-bond donors (Lipinski definition) is 2. The summed E-state index contributed by atoms with van der Waals surface area (Å²) in [4.78, 5) is 33.2. The van der Waals surface area contributed by atoms with E-state index in [9.17, 15) is 9.59 Å². The van der Waals surface area contributed by atoms with Gasteiger partial charge in [-0.1, -0.05) is 13.0 Å². The van der Waals surface area contributed by atoms with Crippen LogP contribution in [0.15, 0.2) is 36.5 Å². The molecule has 2 fully saturated rings. The number of fused-ring (bicyclic) bond motifs is 2. The smallest absolute Gasteiger partial charge is 0.269 e. The second-order valence-electron chi connectivity index (χ2n) is 8.69. The molecule has 2 amide bonds. The van der Waals surface area contributed by atoms with Crippen molar-refractivity contribution in [3.63, 3.8) is 0 Å². The van der Waals surface area contributed by atoms with Gasteiger partial charge in [-0.05, 0) is 49.1 Å². The van der Waals surface area contributed by atoms with Gasteiger partial charge in [0.15, 0.2) is 6.10 Å². The number of aromatic nitrogens is 1. The van der Waals surface area contributed by atoms with Crippen LogP contribution in [0.4, 0.5) is 11.4 Å². The molecule has 1 saturated carbocycles. The van der Waals surface area contributed by atoms with E-state index in [4.69, 9.17) is 4.74 Å². The van der Waals surface area contributed by atoms with Crippen molar-refractivity contribution in [1.29, 1.82) is 0 Å². The fourth-order valence-corrected chi connectivity index (χ4v) is 4.96. The SMILES string of the molecule is CCC1Oc2ccc(CN3CCN(c4ccc(C(=O)NC)nc4)C4CCC43)cc2NC1=O. The third kappa shape index (κ3) is 3.68. The molecule has 1 aromatic heterocycles. The first-order valence-corrected chi connectivity index (χ1v) is 11.4. The number of piperazine rings is 1. The summed E-state index contributed by atoms with van der Waals surface area (Å²) in [6.07, 6.45) is 4.39. The molecule has 1 aliphatic carbocycles. The summed E-state index contributed by atoms with van der Waals surface area (Å²) >= 11 is 0. The molecule has 2 aliphatic heterocycles. The summed E-state index contributed by atoms with van der Waals surface area (Å²) in [6.45, 7) is 4.68. The number of ether oxygens (including phenoxy) is 1. The van der Waals surface area contributed by atoms with Crippen molar-refractivity contribution in [2.75, 3.05) is 30.4 Å². The van der Waals surface area contributed by atoms with E-state index >= 15 is 0 Å². The summed E-state index contributed by atoms with van der Waals surface area (Å²) in [5.74, 6) is 0.514. The van der Waals surface area contributed by atoms with Crippen LogP contribution in [0.3, 0.4) is 0 Å². The Kier molecular flexibility index (Phi) is 5.46.